The lowest BCUT2D eigenvalue weighted by molar-refractivity contribution is 0.521. The first-order chi connectivity index (χ1) is 3.70. The number of rotatable bonds is 0. The second-order valence-electron chi connectivity index (χ2n) is 2.16. The molecule has 0 amide bonds. The predicted octanol–water partition coefficient (Wildman–Crippen LogP) is 1.87. The minimum atomic E-state index is 0.625. The van der Waals surface area contributed by atoms with E-state index < -0.39 is 0 Å². The number of likely N-dealkylation sites (N-methyl/N-ethyl adjacent to an activating group) is 1. The average molecular weight is 129 g/mol. The Labute approximate surface area is 54.9 Å². The Morgan fingerprint density at radius 1 is 1.75 bits per heavy atom. The van der Waals surface area contributed by atoms with Crippen molar-refractivity contribution in [2.75, 3.05) is 7.05 Å². The van der Waals surface area contributed by atoms with Gasteiger partial charge in [-0.3, -0.25) is 0 Å². The summed E-state index contributed by atoms with van der Waals surface area (Å²) in [5.74, 6) is 0. The van der Waals surface area contributed by atoms with Crippen molar-refractivity contribution in [3.8, 4) is 0 Å². The number of hydrogen-bond acceptors (Lipinski definition) is 2. The fourth-order valence-corrected chi connectivity index (χ4v) is 1.72. The van der Waals surface area contributed by atoms with Crippen molar-refractivity contribution in [1.82, 2.24) is 4.31 Å². The van der Waals surface area contributed by atoms with Crippen LogP contribution in [-0.2, 0) is 0 Å². The lowest BCUT2D eigenvalue weighted by Gasteiger charge is -2.10. The molecular weight excluding hydrogens is 118 g/mol. The Morgan fingerprint density at radius 2 is 2.38 bits per heavy atom. The number of allylic oxidation sites excluding steroid dienone is 1. The van der Waals surface area contributed by atoms with Crippen molar-refractivity contribution >= 4 is 11.9 Å². The van der Waals surface area contributed by atoms with Gasteiger partial charge in [0.2, 0.25) is 0 Å². The second-order valence-corrected chi connectivity index (χ2v) is 3.56. The summed E-state index contributed by atoms with van der Waals surface area (Å²) in [5.41, 5.74) is 0. The molecule has 0 fully saturated rings. The van der Waals surface area contributed by atoms with Crippen molar-refractivity contribution in [3.63, 3.8) is 0 Å². The SMILES string of the molecule is CC1=CC(C)N(C)S1. The molecule has 0 aromatic carbocycles. The van der Waals surface area contributed by atoms with Gasteiger partial charge in [-0.2, -0.15) is 0 Å². The maximum atomic E-state index is 2.27. The Bertz CT molecular complexity index is 120. The average Bonchev–Trinajstić information content (AvgIpc) is 1.85. The van der Waals surface area contributed by atoms with E-state index in [1.165, 1.54) is 4.91 Å². The van der Waals surface area contributed by atoms with E-state index in [9.17, 15) is 0 Å². The molecule has 1 aliphatic rings. The normalized spacial score (nSPS) is 30.9. The van der Waals surface area contributed by atoms with Crippen LogP contribution in [0.1, 0.15) is 13.8 Å². The number of nitrogens with zero attached hydrogens (tertiary/aromatic N) is 1. The van der Waals surface area contributed by atoms with E-state index in [0.717, 1.165) is 0 Å². The van der Waals surface area contributed by atoms with Gasteiger partial charge < -0.3 is 0 Å². The van der Waals surface area contributed by atoms with Gasteiger partial charge in [0.1, 0.15) is 0 Å². The highest BCUT2D eigenvalue weighted by Gasteiger charge is 2.14. The molecule has 0 spiro atoms. The molecule has 2 heteroatoms. The maximum Gasteiger partial charge on any atom is 0.0365 e. The molecule has 0 aromatic heterocycles. The molecule has 0 aromatic rings. The third-order valence-electron chi connectivity index (χ3n) is 1.34. The minimum Gasteiger partial charge on any atom is -0.243 e. The monoisotopic (exact) mass is 129 g/mol. The molecule has 1 aliphatic heterocycles. The second kappa shape index (κ2) is 2.11. The summed E-state index contributed by atoms with van der Waals surface area (Å²) in [7, 11) is 2.11. The van der Waals surface area contributed by atoms with Gasteiger partial charge in [0.05, 0.1) is 0 Å². The summed E-state index contributed by atoms with van der Waals surface area (Å²) in [6, 6.07) is 0.625. The van der Waals surface area contributed by atoms with Gasteiger partial charge in [0, 0.05) is 6.04 Å². The highest BCUT2D eigenvalue weighted by atomic mass is 32.2. The van der Waals surface area contributed by atoms with Crippen LogP contribution in [0, 0.1) is 0 Å². The minimum absolute atomic E-state index is 0.625. The zero-order valence-corrected chi connectivity index (χ0v) is 6.33. The van der Waals surface area contributed by atoms with Crippen molar-refractivity contribution in [2.45, 2.75) is 19.9 Å². The lowest BCUT2D eigenvalue weighted by Crippen LogP contribution is -2.14. The summed E-state index contributed by atoms with van der Waals surface area (Å²) < 4.78 is 2.25. The first kappa shape index (κ1) is 6.17. The smallest absolute Gasteiger partial charge is 0.0365 e. The maximum absolute atomic E-state index is 2.27. The van der Waals surface area contributed by atoms with E-state index >= 15 is 0 Å². The van der Waals surface area contributed by atoms with E-state index in [2.05, 4.69) is 31.3 Å². The fourth-order valence-electron chi connectivity index (χ4n) is 0.785. The van der Waals surface area contributed by atoms with Crippen molar-refractivity contribution in [3.05, 3.63) is 11.0 Å². The standard InChI is InChI=1S/C6H11NS/c1-5-4-6(2)8-7(5)3/h4-5H,1-3H3. The van der Waals surface area contributed by atoms with Crippen LogP contribution >= 0.6 is 11.9 Å². The number of hydrogen-bond donors (Lipinski definition) is 0. The highest BCUT2D eigenvalue weighted by molar-refractivity contribution is 8.01. The quantitative estimate of drug-likeness (QED) is 0.459. The summed E-state index contributed by atoms with van der Waals surface area (Å²) >= 11 is 1.82. The van der Waals surface area contributed by atoms with Crippen LogP contribution in [-0.4, -0.2) is 17.4 Å². The molecule has 46 valence electrons. The summed E-state index contributed by atoms with van der Waals surface area (Å²) in [4.78, 5) is 1.42. The first-order valence-corrected chi connectivity index (χ1v) is 3.56. The van der Waals surface area contributed by atoms with E-state index in [1.807, 2.05) is 11.9 Å². The lowest BCUT2D eigenvalue weighted by atomic mass is 10.3. The molecule has 1 unspecified atom stereocenters. The van der Waals surface area contributed by atoms with Crippen LogP contribution in [0.2, 0.25) is 0 Å². The van der Waals surface area contributed by atoms with E-state index in [-0.39, 0.29) is 0 Å². The topological polar surface area (TPSA) is 3.24 Å². The van der Waals surface area contributed by atoms with Crippen LogP contribution < -0.4 is 0 Å². The molecule has 0 saturated heterocycles. The van der Waals surface area contributed by atoms with Crippen molar-refractivity contribution in [2.24, 2.45) is 0 Å². The van der Waals surface area contributed by atoms with Crippen LogP contribution in [0.4, 0.5) is 0 Å². The summed E-state index contributed by atoms with van der Waals surface area (Å²) in [6.07, 6.45) is 2.27. The molecule has 0 N–H and O–H groups in total. The van der Waals surface area contributed by atoms with Gasteiger partial charge in [-0.1, -0.05) is 6.08 Å². The molecular formula is C6H11NS. The van der Waals surface area contributed by atoms with Crippen molar-refractivity contribution < 1.29 is 0 Å². The third kappa shape index (κ3) is 1.06. The molecule has 0 radical (unpaired) electrons. The predicted molar refractivity (Wildman–Crippen MR) is 38.6 cm³/mol. The van der Waals surface area contributed by atoms with E-state index in [0.29, 0.717) is 6.04 Å². The van der Waals surface area contributed by atoms with Crippen molar-refractivity contribution in [1.29, 1.82) is 0 Å². The van der Waals surface area contributed by atoms with Gasteiger partial charge >= 0.3 is 0 Å². The fraction of sp³-hybridized carbons (Fsp3) is 0.667. The molecule has 1 rings (SSSR count). The molecule has 8 heavy (non-hydrogen) atoms. The van der Waals surface area contributed by atoms with Crippen LogP contribution in [0.3, 0.4) is 0 Å². The Kier molecular flexibility index (Phi) is 1.63. The zero-order chi connectivity index (χ0) is 6.15. The van der Waals surface area contributed by atoms with Gasteiger partial charge in [0.25, 0.3) is 0 Å². The van der Waals surface area contributed by atoms with Gasteiger partial charge in [-0.05, 0) is 37.7 Å². The Morgan fingerprint density at radius 3 is 2.50 bits per heavy atom. The molecule has 0 aliphatic carbocycles. The van der Waals surface area contributed by atoms with Crippen LogP contribution in [0.15, 0.2) is 11.0 Å². The van der Waals surface area contributed by atoms with Crippen LogP contribution in [0.5, 0.6) is 0 Å². The largest absolute Gasteiger partial charge is 0.243 e. The van der Waals surface area contributed by atoms with Gasteiger partial charge in [-0.15, -0.1) is 0 Å². The van der Waals surface area contributed by atoms with Gasteiger partial charge in [0.15, 0.2) is 0 Å². The Balaban J connectivity index is 2.56. The first-order valence-electron chi connectivity index (χ1n) is 2.79. The highest BCUT2D eigenvalue weighted by Crippen LogP contribution is 2.28. The zero-order valence-electron chi connectivity index (χ0n) is 5.51. The van der Waals surface area contributed by atoms with Crippen LogP contribution in [0.25, 0.3) is 0 Å². The van der Waals surface area contributed by atoms with E-state index in [1.54, 1.807) is 0 Å². The molecule has 0 saturated carbocycles. The summed E-state index contributed by atoms with van der Waals surface area (Å²) in [5, 5.41) is 0. The summed E-state index contributed by atoms with van der Waals surface area (Å²) in [6.45, 7) is 4.34. The molecule has 1 nitrogen and oxygen atoms in total. The van der Waals surface area contributed by atoms with E-state index in [4.69, 9.17) is 0 Å². The third-order valence-corrected chi connectivity index (χ3v) is 2.38. The van der Waals surface area contributed by atoms with Gasteiger partial charge in [-0.25, -0.2) is 4.31 Å². The molecule has 1 heterocycles. The Hall–Kier alpha value is 0.0500. The molecule has 1 atom stereocenters. The molecule has 0 bridgehead atoms.